The first kappa shape index (κ1) is 13.2. The van der Waals surface area contributed by atoms with Gasteiger partial charge >= 0.3 is 0 Å². The minimum Gasteiger partial charge on any atom is -0.247 e. The highest BCUT2D eigenvalue weighted by atomic mass is 19.1. The summed E-state index contributed by atoms with van der Waals surface area (Å²) in [6, 6.07) is 0. The van der Waals surface area contributed by atoms with Gasteiger partial charge in [-0.2, -0.15) is 0 Å². The molecule has 0 amide bonds. The number of halogens is 1. The van der Waals surface area contributed by atoms with Gasteiger partial charge in [-0.05, 0) is 18.3 Å². The van der Waals surface area contributed by atoms with Crippen LogP contribution >= 0.6 is 0 Å². The number of rotatable bonds is 5. The molecule has 0 saturated heterocycles. The van der Waals surface area contributed by atoms with Gasteiger partial charge < -0.3 is 0 Å². The SMILES string of the molecule is CC(C)(C)C/C=C/C/C=C\C=C/CF. The summed E-state index contributed by atoms with van der Waals surface area (Å²) in [7, 11) is 0. The van der Waals surface area contributed by atoms with Gasteiger partial charge in [0.05, 0.1) is 0 Å². The van der Waals surface area contributed by atoms with Gasteiger partial charge in [-0.3, -0.25) is 0 Å². The van der Waals surface area contributed by atoms with Crippen LogP contribution in [0.25, 0.3) is 0 Å². The van der Waals surface area contributed by atoms with Crippen LogP contribution in [-0.4, -0.2) is 6.67 Å². The maximum absolute atomic E-state index is 11.6. The molecule has 0 aliphatic carbocycles. The smallest absolute Gasteiger partial charge is 0.108 e. The predicted molar refractivity (Wildman–Crippen MR) is 62.1 cm³/mol. The third kappa shape index (κ3) is 11.2. The van der Waals surface area contributed by atoms with Gasteiger partial charge in [-0.1, -0.05) is 57.2 Å². The van der Waals surface area contributed by atoms with E-state index in [0.717, 1.165) is 12.8 Å². The number of allylic oxidation sites excluding steroid dienone is 6. The fourth-order valence-electron chi connectivity index (χ4n) is 0.899. The van der Waals surface area contributed by atoms with Crippen LogP contribution in [-0.2, 0) is 0 Å². The average molecular weight is 196 g/mol. The Morgan fingerprint density at radius 1 is 0.929 bits per heavy atom. The monoisotopic (exact) mass is 196 g/mol. The van der Waals surface area contributed by atoms with Crippen molar-refractivity contribution in [2.75, 3.05) is 6.67 Å². The molecule has 0 fully saturated rings. The number of hydrogen-bond acceptors (Lipinski definition) is 0. The normalized spacial score (nSPS) is 13.7. The molecule has 0 aliphatic heterocycles. The Bertz CT molecular complexity index is 204. The Hall–Kier alpha value is -0.850. The van der Waals surface area contributed by atoms with Crippen LogP contribution in [0.2, 0.25) is 0 Å². The summed E-state index contributed by atoms with van der Waals surface area (Å²) in [5.41, 5.74) is 0.369. The maximum Gasteiger partial charge on any atom is 0.108 e. The van der Waals surface area contributed by atoms with E-state index >= 15 is 0 Å². The van der Waals surface area contributed by atoms with Gasteiger partial charge in [0, 0.05) is 0 Å². The molecule has 0 aromatic carbocycles. The lowest BCUT2D eigenvalue weighted by molar-refractivity contribution is 0.420. The van der Waals surface area contributed by atoms with Crippen LogP contribution < -0.4 is 0 Å². The molecule has 0 N–H and O–H groups in total. The van der Waals surface area contributed by atoms with Crippen molar-refractivity contribution in [3.63, 3.8) is 0 Å². The Labute approximate surface area is 87.2 Å². The van der Waals surface area contributed by atoms with Crippen molar-refractivity contribution in [2.45, 2.75) is 33.6 Å². The Morgan fingerprint density at radius 3 is 2.14 bits per heavy atom. The van der Waals surface area contributed by atoms with Gasteiger partial charge in [-0.15, -0.1) is 0 Å². The van der Waals surface area contributed by atoms with Gasteiger partial charge in [-0.25, -0.2) is 4.39 Å². The van der Waals surface area contributed by atoms with E-state index in [0.29, 0.717) is 5.41 Å². The van der Waals surface area contributed by atoms with Crippen molar-refractivity contribution in [1.82, 2.24) is 0 Å². The minimum atomic E-state index is -0.385. The summed E-state index contributed by atoms with van der Waals surface area (Å²) in [4.78, 5) is 0. The summed E-state index contributed by atoms with van der Waals surface area (Å²) < 4.78 is 11.6. The van der Waals surface area contributed by atoms with Gasteiger partial charge in [0.2, 0.25) is 0 Å². The number of hydrogen-bond donors (Lipinski definition) is 0. The fourth-order valence-corrected chi connectivity index (χ4v) is 0.899. The molecule has 0 spiro atoms. The predicted octanol–water partition coefficient (Wildman–Crippen LogP) is 4.45. The molecule has 0 aromatic heterocycles. The molecule has 0 radical (unpaired) electrons. The highest BCUT2D eigenvalue weighted by Crippen LogP contribution is 2.18. The number of alkyl halides is 1. The molecular weight excluding hydrogens is 175 g/mol. The molecular formula is C13H21F. The quantitative estimate of drug-likeness (QED) is 0.450. The maximum atomic E-state index is 11.6. The summed E-state index contributed by atoms with van der Waals surface area (Å²) in [5, 5.41) is 0. The third-order valence-electron chi connectivity index (χ3n) is 1.64. The second kappa shape index (κ2) is 7.54. The van der Waals surface area contributed by atoms with E-state index in [4.69, 9.17) is 0 Å². The molecule has 0 aromatic rings. The van der Waals surface area contributed by atoms with Crippen LogP contribution in [0.5, 0.6) is 0 Å². The summed E-state index contributed by atoms with van der Waals surface area (Å²) in [6.07, 6.45) is 13.5. The average Bonchev–Trinajstić information content (AvgIpc) is 2.08. The van der Waals surface area contributed by atoms with E-state index in [2.05, 4.69) is 32.9 Å². The molecule has 0 nitrogen and oxygen atoms in total. The molecule has 14 heavy (non-hydrogen) atoms. The molecule has 80 valence electrons. The van der Waals surface area contributed by atoms with Crippen molar-refractivity contribution in [3.8, 4) is 0 Å². The molecule has 1 heteroatoms. The lowest BCUT2D eigenvalue weighted by Crippen LogP contribution is -2.01. The van der Waals surface area contributed by atoms with E-state index in [1.54, 1.807) is 6.08 Å². The van der Waals surface area contributed by atoms with Crippen molar-refractivity contribution in [2.24, 2.45) is 5.41 Å². The zero-order valence-electron chi connectivity index (χ0n) is 9.46. The zero-order valence-corrected chi connectivity index (χ0v) is 9.46. The largest absolute Gasteiger partial charge is 0.247 e. The Kier molecular flexibility index (Phi) is 7.09. The third-order valence-corrected chi connectivity index (χ3v) is 1.64. The first-order valence-corrected chi connectivity index (χ1v) is 5.09. The molecule has 0 aliphatic rings. The van der Waals surface area contributed by atoms with E-state index < -0.39 is 0 Å². The Balaban J connectivity index is 3.54. The van der Waals surface area contributed by atoms with E-state index in [9.17, 15) is 4.39 Å². The van der Waals surface area contributed by atoms with Crippen LogP contribution in [0.15, 0.2) is 36.5 Å². The highest BCUT2D eigenvalue weighted by molar-refractivity contribution is 5.04. The molecule has 0 rings (SSSR count). The molecule has 0 unspecified atom stereocenters. The highest BCUT2D eigenvalue weighted by Gasteiger charge is 2.05. The van der Waals surface area contributed by atoms with E-state index in [1.807, 2.05) is 12.2 Å². The molecule has 0 heterocycles. The van der Waals surface area contributed by atoms with E-state index in [-0.39, 0.29) is 6.67 Å². The summed E-state index contributed by atoms with van der Waals surface area (Å²) in [5.74, 6) is 0. The summed E-state index contributed by atoms with van der Waals surface area (Å²) in [6.45, 7) is 6.27. The van der Waals surface area contributed by atoms with Gasteiger partial charge in [0.25, 0.3) is 0 Å². The summed E-state index contributed by atoms with van der Waals surface area (Å²) >= 11 is 0. The molecule has 0 atom stereocenters. The van der Waals surface area contributed by atoms with Crippen molar-refractivity contribution < 1.29 is 4.39 Å². The van der Waals surface area contributed by atoms with Gasteiger partial charge in [0.15, 0.2) is 0 Å². The van der Waals surface area contributed by atoms with Crippen LogP contribution in [0.1, 0.15) is 33.6 Å². The minimum absolute atomic E-state index is 0.369. The van der Waals surface area contributed by atoms with Gasteiger partial charge in [0.1, 0.15) is 6.67 Å². The van der Waals surface area contributed by atoms with E-state index in [1.165, 1.54) is 6.08 Å². The molecule has 0 saturated carbocycles. The standard InChI is InChI=1S/C13H21F/c1-13(2,3)11-9-7-5-4-6-8-10-12-14/h4,6-10H,5,11-12H2,1-3H3/b6-4-,9-7+,10-8-. The van der Waals surface area contributed by atoms with Crippen LogP contribution in [0, 0.1) is 5.41 Å². The van der Waals surface area contributed by atoms with Crippen molar-refractivity contribution in [1.29, 1.82) is 0 Å². The van der Waals surface area contributed by atoms with Crippen LogP contribution in [0.4, 0.5) is 4.39 Å². The second-order valence-corrected chi connectivity index (χ2v) is 4.48. The van der Waals surface area contributed by atoms with Crippen molar-refractivity contribution in [3.05, 3.63) is 36.5 Å². The Morgan fingerprint density at radius 2 is 1.57 bits per heavy atom. The first-order chi connectivity index (χ1) is 6.56. The lowest BCUT2D eigenvalue weighted by Gasteiger charge is -2.14. The zero-order chi connectivity index (χ0) is 10.9. The first-order valence-electron chi connectivity index (χ1n) is 5.09. The second-order valence-electron chi connectivity index (χ2n) is 4.48. The molecule has 0 bridgehead atoms. The lowest BCUT2D eigenvalue weighted by atomic mass is 9.92. The van der Waals surface area contributed by atoms with Crippen LogP contribution in [0.3, 0.4) is 0 Å². The van der Waals surface area contributed by atoms with Crippen molar-refractivity contribution >= 4 is 0 Å². The fraction of sp³-hybridized carbons (Fsp3) is 0.538. The topological polar surface area (TPSA) is 0 Å².